The summed E-state index contributed by atoms with van der Waals surface area (Å²) in [6, 6.07) is 6.10. The Balaban J connectivity index is 1.58. The molecule has 1 aliphatic rings. The number of benzene rings is 1. The van der Waals surface area contributed by atoms with E-state index in [0.29, 0.717) is 37.4 Å². The molecule has 1 aromatic heterocycles. The first-order valence-electron chi connectivity index (χ1n) is 11.0. The maximum Gasteiger partial charge on any atom is 0.358 e. The largest absolute Gasteiger partial charge is 0.489 e. The van der Waals surface area contributed by atoms with Crippen LogP contribution in [0.4, 0.5) is 4.39 Å². The molecule has 2 heterocycles. The molecule has 0 amide bonds. The number of carbonyl (C=O) groups is 1. The van der Waals surface area contributed by atoms with Crippen molar-refractivity contribution < 1.29 is 23.8 Å². The molecular formula is C24H33FN2O4. The number of rotatable bonds is 9. The molecule has 1 aliphatic heterocycles. The van der Waals surface area contributed by atoms with Gasteiger partial charge in [-0.1, -0.05) is 25.5 Å². The van der Waals surface area contributed by atoms with Crippen LogP contribution in [-0.2, 0) is 16.8 Å². The molecule has 3 rings (SSSR count). The van der Waals surface area contributed by atoms with E-state index in [1.165, 1.54) is 19.2 Å². The Morgan fingerprint density at radius 1 is 1.26 bits per heavy atom. The predicted molar refractivity (Wildman–Crippen MR) is 117 cm³/mol. The Labute approximate surface area is 183 Å². The van der Waals surface area contributed by atoms with E-state index in [4.69, 9.17) is 9.47 Å². The van der Waals surface area contributed by atoms with Crippen molar-refractivity contribution in [2.24, 2.45) is 0 Å². The molecule has 0 atom stereocenters. The molecule has 0 spiro atoms. The number of hydrogen-bond acceptors (Lipinski definition) is 5. The first-order valence-corrected chi connectivity index (χ1v) is 11.0. The van der Waals surface area contributed by atoms with Crippen molar-refractivity contribution in [2.75, 3.05) is 33.4 Å². The standard InChI is InChI=1S/C24H33FN2O4/c1-4-5-6-20-17(2)26-21(23(28)30-3)22(20)31-16-15-27-13-11-24(29,12-14-27)18-7-9-19(25)10-8-18/h7-10,26,29H,4-6,11-16H2,1-3H3. The highest BCUT2D eigenvalue weighted by Crippen LogP contribution is 2.33. The van der Waals surface area contributed by atoms with Crippen LogP contribution in [-0.4, -0.2) is 54.3 Å². The number of halogens is 1. The van der Waals surface area contributed by atoms with Gasteiger partial charge in [0, 0.05) is 30.9 Å². The Morgan fingerprint density at radius 3 is 2.55 bits per heavy atom. The van der Waals surface area contributed by atoms with Crippen molar-refractivity contribution in [3.63, 3.8) is 0 Å². The van der Waals surface area contributed by atoms with Crippen LogP contribution in [0.5, 0.6) is 5.75 Å². The third-order valence-electron chi connectivity index (χ3n) is 6.15. The fourth-order valence-electron chi connectivity index (χ4n) is 4.17. The second-order valence-electron chi connectivity index (χ2n) is 8.26. The summed E-state index contributed by atoms with van der Waals surface area (Å²) in [6.07, 6.45) is 4.08. The number of H-pyrrole nitrogens is 1. The van der Waals surface area contributed by atoms with Gasteiger partial charge in [-0.3, -0.25) is 4.90 Å². The minimum Gasteiger partial charge on any atom is -0.489 e. The number of aryl methyl sites for hydroxylation is 1. The van der Waals surface area contributed by atoms with E-state index in [2.05, 4.69) is 16.8 Å². The number of esters is 1. The molecule has 31 heavy (non-hydrogen) atoms. The lowest BCUT2D eigenvalue weighted by Crippen LogP contribution is -2.43. The number of nitrogens with zero attached hydrogens (tertiary/aromatic N) is 1. The molecule has 7 heteroatoms. The van der Waals surface area contributed by atoms with Crippen LogP contribution in [0.25, 0.3) is 0 Å². The number of unbranched alkanes of at least 4 members (excludes halogenated alkanes) is 1. The number of aromatic amines is 1. The molecule has 170 valence electrons. The summed E-state index contributed by atoms with van der Waals surface area (Å²) in [5.41, 5.74) is 2.18. The number of aliphatic hydroxyl groups is 1. The van der Waals surface area contributed by atoms with Crippen LogP contribution in [0, 0.1) is 12.7 Å². The van der Waals surface area contributed by atoms with Crippen molar-refractivity contribution >= 4 is 5.97 Å². The first-order chi connectivity index (χ1) is 14.9. The molecule has 0 unspecified atom stereocenters. The molecular weight excluding hydrogens is 399 g/mol. The van der Waals surface area contributed by atoms with Crippen LogP contribution in [0.2, 0.25) is 0 Å². The Morgan fingerprint density at radius 2 is 1.94 bits per heavy atom. The van der Waals surface area contributed by atoms with E-state index >= 15 is 0 Å². The maximum atomic E-state index is 13.2. The monoisotopic (exact) mass is 432 g/mol. The molecule has 2 N–H and O–H groups in total. The van der Waals surface area contributed by atoms with Crippen molar-refractivity contribution in [2.45, 2.75) is 51.6 Å². The van der Waals surface area contributed by atoms with Crippen LogP contribution >= 0.6 is 0 Å². The summed E-state index contributed by atoms with van der Waals surface area (Å²) >= 11 is 0. The van der Waals surface area contributed by atoms with Gasteiger partial charge in [0.15, 0.2) is 11.4 Å². The molecule has 2 aromatic rings. The quantitative estimate of drug-likeness (QED) is 0.587. The molecule has 0 saturated carbocycles. The second-order valence-corrected chi connectivity index (χ2v) is 8.26. The minimum absolute atomic E-state index is 0.299. The molecule has 0 aliphatic carbocycles. The predicted octanol–water partition coefficient (Wildman–Crippen LogP) is 3.95. The fourth-order valence-corrected chi connectivity index (χ4v) is 4.17. The van der Waals surface area contributed by atoms with Gasteiger partial charge in [0.1, 0.15) is 12.4 Å². The summed E-state index contributed by atoms with van der Waals surface area (Å²) in [6.45, 7) is 6.65. The van der Waals surface area contributed by atoms with Gasteiger partial charge >= 0.3 is 5.97 Å². The van der Waals surface area contributed by atoms with E-state index in [9.17, 15) is 14.3 Å². The third kappa shape index (κ3) is 5.46. The number of methoxy groups -OCH3 is 1. The van der Waals surface area contributed by atoms with Crippen molar-refractivity contribution in [3.8, 4) is 5.75 Å². The molecule has 0 bridgehead atoms. The van der Waals surface area contributed by atoms with Gasteiger partial charge in [0.05, 0.1) is 12.7 Å². The lowest BCUT2D eigenvalue weighted by molar-refractivity contribution is -0.0279. The summed E-state index contributed by atoms with van der Waals surface area (Å²) in [5.74, 6) is -0.132. The summed E-state index contributed by atoms with van der Waals surface area (Å²) in [5, 5.41) is 11.0. The van der Waals surface area contributed by atoms with Crippen molar-refractivity contribution in [1.82, 2.24) is 9.88 Å². The normalized spacial score (nSPS) is 16.3. The number of hydrogen-bond donors (Lipinski definition) is 2. The van der Waals surface area contributed by atoms with E-state index in [0.717, 1.165) is 49.2 Å². The topological polar surface area (TPSA) is 74.8 Å². The SMILES string of the molecule is CCCCc1c(C)[nH]c(C(=O)OC)c1OCCN1CCC(O)(c2ccc(F)cc2)CC1. The highest BCUT2D eigenvalue weighted by Gasteiger charge is 2.34. The van der Waals surface area contributed by atoms with Crippen molar-refractivity contribution in [1.29, 1.82) is 0 Å². The van der Waals surface area contributed by atoms with Gasteiger partial charge in [0.2, 0.25) is 0 Å². The van der Waals surface area contributed by atoms with E-state index in [1.807, 2.05) is 6.92 Å². The van der Waals surface area contributed by atoms with Crippen LogP contribution in [0.15, 0.2) is 24.3 Å². The van der Waals surface area contributed by atoms with Crippen LogP contribution < -0.4 is 4.74 Å². The van der Waals surface area contributed by atoms with Gasteiger partial charge in [-0.25, -0.2) is 9.18 Å². The van der Waals surface area contributed by atoms with Crippen LogP contribution in [0.3, 0.4) is 0 Å². The maximum absolute atomic E-state index is 13.2. The summed E-state index contributed by atoms with van der Waals surface area (Å²) in [4.78, 5) is 17.5. The molecule has 0 radical (unpaired) electrons. The first kappa shape index (κ1) is 23.3. The zero-order valence-electron chi connectivity index (χ0n) is 18.7. The lowest BCUT2D eigenvalue weighted by Gasteiger charge is -2.38. The van der Waals surface area contributed by atoms with Gasteiger partial charge in [-0.15, -0.1) is 0 Å². The molecule has 1 fully saturated rings. The zero-order valence-corrected chi connectivity index (χ0v) is 18.7. The van der Waals surface area contributed by atoms with E-state index in [1.54, 1.807) is 12.1 Å². The summed E-state index contributed by atoms with van der Waals surface area (Å²) in [7, 11) is 1.37. The number of aromatic nitrogens is 1. The highest BCUT2D eigenvalue weighted by molar-refractivity contribution is 5.91. The average molecular weight is 433 g/mol. The summed E-state index contributed by atoms with van der Waals surface area (Å²) < 4.78 is 24.2. The zero-order chi connectivity index (χ0) is 22.4. The number of carbonyl (C=O) groups excluding carboxylic acids is 1. The Kier molecular flexibility index (Phi) is 7.73. The number of piperidine rings is 1. The smallest absolute Gasteiger partial charge is 0.358 e. The second kappa shape index (κ2) is 10.3. The number of likely N-dealkylation sites (tertiary alicyclic amines) is 1. The lowest BCUT2D eigenvalue weighted by atomic mass is 9.84. The number of ether oxygens (including phenoxy) is 2. The van der Waals surface area contributed by atoms with Gasteiger partial charge in [-0.05, 0) is 50.3 Å². The Hall–Kier alpha value is -2.38. The Bertz CT molecular complexity index is 870. The van der Waals surface area contributed by atoms with Crippen molar-refractivity contribution in [3.05, 3.63) is 52.6 Å². The molecule has 1 aromatic carbocycles. The highest BCUT2D eigenvalue weighted by atomic mass is 19.1. The van der Waals surface area contributed by atoms with Gasteiger partial charge in [-0.2, -0.15) is 0 Å². The van der Waals surface area contributed by atoms with Gasteiger partial charge < -0.3 is 19.6 Å². The third-order valence-corrected chi connectivity index (χ3v) is 6.15. The average Bonchev–Trinajstić information content (AvgIpc) is 3.08. The molecule has 1 saturated heterocycles. The molecule has 6 nitrogen and oxygen atoms in total. The fraction of sp³-hybridized carbons (Fsp3) is 0.542. The van der Waals surface area contributed by atoms with E-state index < -0.39 is 11.6 Å². The van der Waals surface area contributed by atoms with Gasteiger partial charge in [0.25, 0.3) is 0 Å². The minimum atomic E-state index is -0.922. The van der Waals surface area contributed by atoms with Crippen LogP contribution in [0.1, 0.15) is 59.9 Å². The number of nitrogens with one attached hydrogen (secondary N) is 1. The van der Waals surface area contributed by atoms with E-state index in [-0.39, 0.29) is 5.82 Å².